The quantitative estimate of drug-likeness (QED) is 0.907. The first-order valence-corrected chi connectivity index (χ1v) is 9.17. The molecule has 0 bridgehead atoms. The van der Waals surface area contributed by atoms with Crippen LogP contribution >= 0.6 is 11.6 Å². The molecule has 0 spiro atoms. The molecule has 0 heterocycles. The smallest absolute Gasteiger partial charge is 0.267 e. The summed E-state index contributed by atoms with van der Waals surface area (Å²) in [4.78, 5) is 11.7. The van der Waals surface area contributed by atoms with Crippen molar-refractivity contribution in [3.05, 3.63) is 28.5 Å². The molecule has 1 amide bonds. The topological polar surface area (TPSA) is 72.5 Å². The van der Waals surface area contributed by atoms with Crippen LogP contribution in [0.5, 0.6) is 5.75 Å². The molecule has 1 aromatic carbocycles. The van der Waals surface area contributed by atoms with Gasteiger partial charge in [0, 0.05) is 6.07 Å². The average molecular weight is 348 g/mol. The number of nitrogens with one attached hydrogen (secondary N) is 1. The number of benzene rings is 1. The summed E-state index contributed by atoms with van der Waals surface area (Å²) < 4.78 is 43.5. The standard InChI is InChI=1S/C14H15ClFNO4S/c1-22(19,20)17-14(18)10-5-11(15)13(6-12(10)16)21-9-3-7-2-8(7)4-9/h5-9H,2-4H2,1H3,(H,17,18). The van der Waals surface area contributed by atoms with Crippen molar-refractivity contribution in [2.75, 3.05) is 6.26 Å². The first kappa shape index (κ1) is 15.6. The van der Waals surface area contributed by atoms with E-state index in [1.807, 2.05) is 0 Å². The number of carbonyl (C=O) groups excluding carboxylic acids is 1. The van der Waals surface area contributed by atoms with Crippen molar-refractivity contribution in [3.63, 3.8) is 0 Å². The molecule has 2 aliphatic carbocycles. The normalized spacial score (nSPS) is 26.4. The molecule has 2 atom stereocenters. The summed E-state index contributed by atoms with van der Waals surface area (Å²) in [5.41, 5.74) is -0.433. The van der Waals surface area contributed by atoms with E-state index in [0.29, 0.717) is 11.8 Å². The second-order valence-corrected chi connectivity index (χ2v) is 8.09. The summed E-state index contributed by atoms with van der Waals surface area (Å²) in [5, 5.41) is 0.0839. The maximum absolute atomic E-state index is 14.0. The Morgan fingerprint density at radius 1 is 1.32 bits per heavy atom. The number of halogens is 2. The lowest BCUT2D eigenvalue weighted by Gasteiger charge is -2.17. The number of amides is 1. The second-order valence-electron chi connectivity index (χ2n) is 5.93. The summed E-state index contributed by atoms with van der Waals surface area (Å²) in [6, 6.07) is 2.12. The maximum atomic E-state index is 14.0. The monoisotopic (exact) mass is 347 g/mol. The second kappa shape index (κ2) is 5.38. The first-order chi connectivity index (χ1) is 10.2. The van der Waals surface area contributed by atoms with Crippen LogP contribution in [0.2, 0.25) is 5.02 Å². The Labute approximate surface area is 132 Å². The Morgan fingerprint density at radius 3 is 2.55 bits per heavy atom. The summed E-state index contributed by atoms with van der Waals surface area (Å²) in [7, 11) is -3.77. The fraction of sp³-hybridized carbons (Fsp3) is 0.500. The molecular weight excluding hydrogens is 333 g/mol. The number of hydrogen-bond donors (Lipinski definition) is 1. The van der Waals surface area contributed by atoms with Gasteiger partial charge in [0.1, 0.15) is 11.6 Å². The molecule has 22 heavy (non-hydrogen) atoms. The molecule has 0 aliphatic heterocycles. The van der Waals surface area contributed by atoms with Crippen molar-refractivity contribution in [1.29, 1.82) is 0 Å². The zero-order chi connectivity index (χ0) is 16.1. The van der Waals surface area contributed by atoms with E-state index in [4.69, 9.17) is 16.3 Å². The van der Waals surface area contributed by atoms with E-state index in [9.17, 15) is 17.6 Å². The van der Waals surface area contributed by atoms with Crippen LogP contribution in [0.4, 0.5) is 4.39 Å². The molecule has 8 heteroatoms. The largest absolute Gasteiger partial charge is 0.489 e. The van der Waals surface area contributed by atoms with Gasteiger partial charge in [-0.2, -0.15) is 0 Å². The van der Waals surface area contributed by atoms with Gasteiger partial charge < -0.3 is 4.74 Å². The molecule has 0 radical (unpaired) electrons. The maximum Gasteiger partial charge on any atom is 0.267 e. The van der Waals surface area contributed by atoms with Crippen LogP contribution < -0.4 is 9.46 Å². The van der Waals surface area contributed by atoms with Crippen LogP contribution in [-0.4, -0.2) is 26.7 Å². The van der Waals surface area contributed by atoms with Crippen LogP contribution in [0.25, 0.3) is 0 Å². The van der Waals surface area contributed by atoms with Gasteiger partial charge in [0.05, 0.1) is 22.9 Å². The Hall–Kier alpha value is -1.34. The molecule has 2 unspecified atom stereocenters. The van der Waals surface area contributed by atoms with E-state index in [1.165, 1.54) is 6.42 Å². The zero-order valence-electron chi connectivity index (χ0n) is 11.8. The highest BCUT2D eigenvalue weighted by Gasteiger charge is 2.47. The predicted molar refractivity (Wildman–Crippen MR) is 79.0 cm³/mol. The summed E-state index contributed by atoms with van der Waals surface area (Å²) >= 11 is 6.02. The van der Waals surface area contributed by atoms with Gasteiger partial charge in [-0.05, 0) is 37.2 Å². The van der Waals surface area contributed by atoms with Crippen molar-refractivity contribution in [1.82, 2.24) is 4.72 Å². The molecule has 0 aromatic heterocycles. The van der Waals surface area contributed by atoms with Gasteiger partial charge in [-0.25, -0.2) is 17.5 Å². The molecule has 3 rings (SSSR count). The molecule has 2 aliphatic rings. The molecule has 0 saturated heterocycles. The molecule has 1 N–H and O–H groups in total. The van der Waals surface area contributed by atoms with Crippen molar-refractivity contribution in [2.45, 2.75) is 25.4 Å². The third kappa shape index (κ3) is 3.35. The van der Waals surface area contributed by atoms with E-state index in [1.54, 1.807) is 4.72 Å². The Bertz CT molecular complexity index is 727. The van der Waals surface area contributed by atoms with Crippen molar-refractivity contribution in [2.24, 2.45) is 11.8 Å². The van der Waals surface area contributed by atoms with Crippen LogP contribution in [0.15, 0.2) is 12.1 Å². The van der Waals surface area contributed by atoms with Gasteiger partial charge in [-0.3, -0.25) is 4.79 Å². The number of fused-ring (bicyclic) bond motifs is 1. The minimum atomic E-state index is -3.77. The highest BCUT2D eigenvalue weighted by Crippen LogP contribution is 2.52. The fourth-order valence-electron chi connectivity index (χ4n) is 2.95. The van der Waals surface area contributed by atoms with Gasteiger partial charge in [0.15, 0.2) is 0 Å². The molecule has 2 fully saturated rings. The zero-order valence-corrected chi connectivity index (χ0v) is 13.4. The van der Waals surface area contributed by atoms with E-state index < -0.39 is 27.3 Å². The highest BCUT2D eigenvalue weighted by molar-refractivity contribution is 7.89. The van der Waals surface area contributed by atoms with Crippen LogP contribution in [-0.2, 0) is 10.0 Å². The van der Waals surface area contributed by atoms with Gasteiger partial charge in [0.2, 0.25) is 10.0 Å². The van der Waals surface area contributed by atoms with Crippen molar-refractivity contribution >= 4 is 27.5 Å². The summed E-state index contributed by atoms with van der Waals surface area (Å²) in [6.07, 6.45) is 3.97. The predicted octanol–water partition coefficient (Wildman–Crippen LogP) is 2.35. The number of sulfonamides is 1. The van der Waals surface area contributed by atoms with E-state index in [-0.39, 0.29) is 16.9 Å². The van der Waals surface area contributed by atoms with Crippen molar-refractivity contribution in [3.8, 4) is 5.75 Å². The molecule has 2 saturated carbocycles. The lowest BCUT2D eigenvalue weighted by atomic mass is 10.1. The van der Waals surface area contributed by atoms with Crippen LogP contribution in [0, 0.1) is 17.7 Å². The Morgan fingerprint density at radius 2 is 1.95 bits per heavy atom. The van der Waals surface area contributed by atoms with Gasteiger partial charge >= 0.3 is 0 Å². The number of ether oxygens (including phenoxy) is 1. The van der Waals surface area contributed by atoms with Crippen LogP contribution in [0.3, 0.4) is 0 Å². The Balaban J connectivity index is 1.77. The summed E-state index contributed by atoms with van der Waals surface area (Å²) in [6.45, 7) is 0. The van der Waals surface area contributed by atoms with Crippen LogP contribution in [0.1, 0.15) is 29.6 Å². The lowest BCUT2D eigenvalue weighted by Crippen LogP contribution is -2.30. The molecule has 1 aromatic rings. The van der Waals surface area contributed by atoms with E-state index in [2.05, 4.69) is 0 Å². The lowest BCUT2D eigenvalue weighted by molar-refractivity contribution is 0.0977. The van der Waals surface area contributed by atoms with Gasteiger partial charge in [-0.15, -0.1) is 0 Å². The number of hydrogen-bond acceptors (Lipinski definition) is 4. The third-order valence-electron chi connectivity index (χ3n) is 4.04. The number of rotatable bonds is 4. The van der Waals surface area contributed by atoms with E-state index >= 15 is 0 Å². The van der Waals surface area contributed by atoms with E-state index in [0.717, 1.165) is 31.2 Å². The van der Waals surface area contributed by atoms with Gasteiger partial charge in [-0.1, -0.05) is 11.6 Å². The summed E-state index contributed by atoms with van der Waals surface area (Å²) in [5.74, 6) is -0.317. The first-order valence-electron chi connectivity index (χ1n) is 6.91. The average Bonchev–Trinajstić information content (AvgIpc) is 2.99. The third-order valence-corrected chi connectivity index (χ3v) is 4.89. The highest BCUT2D eigenvalue weighted by atomic mass is 35.5. The Kier molecular flexibility index (Phi) is 3.81. The SMILES string of the molecule is CS(=O)(=O)NC(=O)c1cc(Cl)c(OC2CC3CC3C2)cc1F. The van der Waals surface area contributed by atoms with Crippen molar-refractivity contribution < 1.29 is 22.3 Å². The molecular formula is C14H15ClFNO4S. The van der Waals surface area contributed by atoms with Gasteiger partial charge in [0.25, 0.3) is 5.91 Å². The molecule has 120 valence electrons. The minimum Gasteiger partial charge on any atom is -0.489 e. The number of carbonyl (C=O) groups is 1. The molecule has 5 nitrogen and oxygen atoms in total. The minimum absolute atomic E-state index is 0.0244. The fourth-order valence-corrected chi connectivity index (χ4v) is 3.61.